The third-order valence-electron chi connectivity index (χ3n) is 3.10. The van der Waals surface area contributed by atoms with E-state index in [-0.39, 0.29) is 19.1 Å². The molecule has 1 N–H and O–H groups in total. The first-order valence-electron chi connectivity index (χ1n) is 6.43. The molecule has 0 saturated carbocycles. The molecule has 3 rings (SSSR count). The van der Waals surface area contributed by atoms with Gasteiger partial charge in [-0.05, 0) is 29.8 Å². The van der Waals surface area contributed by atoms with Crippen LogP contribution in [-0.4, -0.2) is 12.7 Å². The third kappa shape index (κ3) is 2.79. The van der Waals surface area contributed by atoms with E-state index in [0.29, 0.717) is 22.7 Å². The van der Waals surface area contributed by atoms with E-state index in [1.54, 1.807) is 36.4 Å². The summed E-state index contributed by atoms with van der Waals surface area (Å²) in [6, 6.07) is 14.3. The van der Waals surface area contributed by atoms with Crippen molar-refractivity contribution in [2.45, 2.75) is 6.42 Å². The van der Waals surface area contributed by atoms with Gasteiger partial charge in [-0.2, -0.15) is 5.26 Å². The van der Waals surface area contributed by atoms with Gasteiger partial charge in [-0.1, -0.05) is 12.1 Å². The first kappa shape index (κ1) is 13.0. The van der Waals surface area contributed by atoms with E-state index in [1.165, 1.54) is 0 Å². The topological polar surface area (TPSA) is 71.4 Å². The Morgan fingerprint density at radius 2 is 2.05 bits per heavy atom. The Balaban J connectivity index is 1.77. The van der Waals surface area contributed by atoms with E-state index in [9.17, 15) is 4.79 Å². The molecule has 2 aromatic rings. The van der Waals surface area contributed by atoms with Crippen LogP contribution in [0.4, 0.5) is 5.69 Å². The zero-order valence-corrected chi connectivity index (χ0v) is 11.1. The molecule has 1 heterocycles. The lowest BCUT2D eigenvalue weighted by molar-refractivity contribution is 0.102. The normalized spacial score (nSPS) is 11.8. The lowest BCUT2D eigenvalue weighted by atomic mass is 10.1. The Kier molecular flexibility index (Phi) is 3.44. The van der Waals surface area contributed by atoms with E-state index >= 15 is 0 Å². The highest BCUT2D eigenvalue weighted by Crippen LogP contribution is 2.34. The van der Waals surface area contributed by atoms with E-state index in [1.807, 2.05) is 6.07 Å². The van der Waals surface area contributed by atoms with Gasteiger partial charge in [0.15, 0.2) is 11.5 Å². The maximum absolute atomic E-state index is 12.2. The second kappa shape index (κ2) is 5.55. The van der Waals surface area contributed by atoms with E-state index < -0.39 is 0 Å². The molecule has 2 aromatic carbocycles. The monoisotopic (exact) mass is 280 g/mol. The van der Waals surface area contributed by atoms with Gasteiger partial charge in [0.2, 0.25) is 6.79 Å². The van der Waals surface area contributed by atoms with Gasteiger partial charge < -0.3 is 14.8 Å². The van der Waals surface area contributed by atoms with Crippen LogP contribution in [0.15, 0.2) is 42.5 Å². The number of fused-ring (bicyclic) bond motifs is 1. The van der Waals surface area contributed by atoms with Crippen LogP contribution in [-0.2, 0) is 6.42 Å². The van der Waals surface area contributed by atoms with Crippen LogP contribution in [0.5, 0.6) is 11.5 Å². The fourth-order valence-electron chi connectivity index (χ4n) is 2.09. The van der Waals surface area contributed by atoms with E-state index in [0.717, 1.165) is 5.56 Å². The lowest BCUT2D eigenvalue weighted by Crippen LogP contribution is -2.12. The molecule has 0 saturated heterocycles. The van der Waals surface area contributed by atoms with E-state index in [4.69, 9.17) is 14.7 Å². The molecule has 1 aliphatic heterocycles. The van der Waals surface area contributed by atoms with Gasteiger partial charge in [0.25, 0.3) is 5.91 Å². The largest absolute Gasteiger partial charge is 0.454 e. The minimum atomic E-state index is -0.228. The number of nitrogens with one attached hydrogen (secondary N) is 1. The molecule has 21 heavy (non-hydrogen) atoms. The van der Waals surface area contributed by atoms with Crippen molar-refractivity contribution in [3.8, 4) is 17.6 Å². The van der Waals surface area contributed by atoms with Crippen molar-refractivity contribution >= 4 is 11.6 Å². The fraction of sp³-hybridized carbons (Fsp3) is 0.125. The number of carbonyl (C=O) groups is 1. The lowest BCUT2D eigenvalue weighted by Gasteiger charge is -2.07. The van der Waals surface area contributed by atoms with Crippen molar-refractivity contribution in [1.29, 1.82) is 5.26 Å². The first-order chi connectivity index (χ1) is 10.3. The van der Waals surface area contributed by atoms with Crippen LogP contribution in [0.25, 0.3) is 0 Å². The van der Waals surface area contributed by atoms with Gasteiger partial charge in [0.1, 0.15) is 0 Å². The number of hydrogen-bond acceptors (Lipinski definition) is 4. The number of nitrogens with zero attached hydrogens (tertiary/aromatic N) is 1. The number of amides is 1. The van der Waals surface area contributed by atoms with Crippen LogP contribution >= 0.6 is 0 Å². The van der Waals surface area contributed by atoms with Crippen molar-refractivity contribution in [1.82, 2.24) is 0 Å². The van der Waals surface area contributed by atoms with Crippen molar-refractivity contribution in [2.75, 3.05) is 12.1 Å². The highest BCUT2D eigenvalue weighted by molar-refractivity contribution is 6.04. The summed E-state index contributed by atoms with van der Waals surface area (Å²) in [6.45, 7) is 0.197. The maximum Gasteiger partial charge on any atom is 0.255 e. The van der Waals surface area contributed by atoms with Crippen LogP contribution in [0, 0.1) is 11.3 Å². The number of anilines is 1. The average Bonchev–Trinajstić information content (AvgIpc) is 2.95. The van der Waals surface area contributed by atoms with Gasteiger partial charge in [0.05, 0.1) is 12.5 Å². The van der Waals surface area contributed by atoms with Crippen molar-refractivity contribution < 1.29 is 14.3 Å². The number of benzene rings is 2. The molecule has 1 aliphatic rings. The molecule has 104 valence electrons. The Labute approximate surface area is 121 Å². The number of nitriles is 1. The van der Waals surface area contributed by atoms with Gasteiger partial charge in [-0.25, -0.2) is 0 Å². The van der Waals surface area contributed by atoms with Gasteiger partial charge in [-0.3, -0.25) is 4.79 Å². The summed E-state index contributed by atoms with van der Waals surface area (Å²) in [4.78, 5) is 12.2. The molecule has 5 heteroatoms. The molecule has 1 amide bonds. The summed E-state index contributed by atoms with van der Waals surface area (Å²) in [5.41, 5.74) is 1.96. The number of hydrogen-bond donors (Lipinski definition) is 1. The van der Waals surface area contributed by atoms with Crippen LogP contribution in [0.2, 0.25) is 0 Å². The molecule has 0 bridgehead atoms. The molecule has 0 aliphatic carbocycles. The number of carbonyl (C=O) groups excluding carboxylic acids is 1. The highest BCUT2D eigenvalue weighted by Gasteiger charge is 2.14. The molecule has 0 spiro atoms. The molecule has 0 fully saturated rings. The Morgan fingerprint density at radius 3 is 2.90 bits per heavy atom. The molecular formula is C16H12N2O3. The molecule has 0 atom stereocenters. The van der Waals surface area contributed by atoms with Crippen molar-refractivity contribution in [3.05, 3.63) is 53.6 Å². The number of rotatable bonds is 3. The second-order valence-electron chi connectivity index (χ2n) is 4.56. The van der Waals surface area contributed by atoms with Crippen LogP contribution < -0.4 is 14.8 Å². The third-order valence-corrected chi connectivity index (χ3v) is 3.10. The summed E-state index contributed by atoms with van der Waals surface area (Å²) < 4.78 is 10.5. The molecule has 0 unspecified atom stereocenters. The summed E-state index contributed by atoms with van der Waals surface area (Å²) >= 11 is 0. The average molecular weight is 280 g/mol. The standard InChI is InChI=1S/C16H12N2O3/c17-7-6-11-2-1-3-12(8-11)16(19)18-13-4-5-14-15(9-13)21-10-20-14/h1-5,8-9H,6,10H2,(H,18,19). The minimum Gasteiger partial charge on any atom is -0.454 e. The Morgan fingerprint density at radius 1 is 1.19 bits per heavy atom. The first-order valence-corrected chi connectivity index (χ1v) is 6.43. The molecule has 0 radical (unpaired) electrons. The predicted octanol–water partition coefficient (Wildman–Crippen LogP) is 2.73. The zero-order chi connectivity index (χ0) is 14.7. The fourth-order valence-corrected chi connectivity index (χ4v) is 2.09. The second-order valence-corrected chi connectivity index (χ2v) is 4.56. The summed E-state index contributed by atoms with van der Waals surface area (Å²) in [6.07, 6.45) is 0.283. The summed E-state index contributed by atoms with van der Waals surface area (Å²) in [5, 5.41) is 11.5. The highest BCUT2D eigenvalue weighted by atomic mass is 16.7. The molecular weight excluding hydrogens is 268 g/mol. The quantitative estimate of drug-likeness (QED) is 0.938. The predicted molar refractivity (Wildman–Crippen MR) is 76.3 cm³/mol. The van der Waals surface area contributed by atoms with E-state index in [2.05, 4.69) is 11.4 Å². The smallest absolute Gasteiger partial charge is 0.255 e. The van der Waals surface area contributed by atoms with Crippen LogP contribution in [0.3, 0.4) is 0 Å². The zero-order valence-electron chi connectivity index (χ0n) is 11.1. The minimum absolute atomic E-state index is 0.197. The SMILES string of the molecule is N#CCc1cccc(C(=O)Nc2ccc3c(c2)OCO3)c1. The Bertz CT molecular complexity index is 735. The van der Waals surface area contributed by atoms with Crippen molar-refractivity contribution in [2.24, 2.45) is 0 Å². The molecule has 5 nitrogen and oxygen atoms in total. The maximum atomic E-state index is 12.2. The van der Waals surface area contributed by atoms with Crippen LogP contribution in [0.1, 0.15) is 15.9 Å². The van der Waals surface area contributed by atoms with Gasteiger partial charge >= 0.3 is 0 Å². The van der Waals surface area contributed by atoms with Gasteiger partial charge in [-0.15, -0.1) is 0 Å². The Hall–Kier alpha value is -3.00. The summed E-state index contributed by atoms with van der Waals surface area (Å²) in [7, 11) is 0. The number of ether oxygens (including phenoxy) is 2. The molecule has 0 aromatic heterocycles. The summed E-state index contributed by atoms with van der Waals surface area (Å²) in [5.74, 6) is 1.06. The van der Waals surface area contributed by atoms with Crippen molar-refractivity contribution in [3.63, 3.8) is 0 Å². The van der Waals surface area contributed by atoms with Gasteiger partial charge in [0, 0.05) is 17.3 Å².